The maximum atomic E-state index is 8.77. The monoisotopic (exact) mass is 181 g/mol. The quantitative estimate of drug-likeness (QED) is 0.562. The predicted molar refractivity (Wildman–Crippen MR) is 50.8 cm³/mol. The smallest absolute Gasteiger partial charge is 0.423 e. The van der Waals surface area contributed by atoms with Gasteiger partial charge < -0.3 is 14.9 Å². The van der Waals surface area contributed by atoms with E-state index in [2.05, 4.69) is 9.97 Å². The van der Waals surface area contributed by atoms with Gasteiger partial charge >= 0.3 is 7.12 Å². The highest BCUT2D eigenvalue weighted by Crippen LogP contribution is 1.99. The zero-order valence-electron chi connectivity index (χ0n) is 7.68. The van der Waals surface area contributed by atoms with Crippen molar-refractivity contribution in [2.45, 2.75) is 6.92 Å². The van der Waals surface area contributed by atoms with E-state index < -0.39 is 7.12 Å². The van der Waals surface area contributed by atoms with E-state index in [0.29, 0.717) is 11.4 Å². The van der Waals surface area contributed by atoms with Crippen molar-refractivity contribution < 1.29 is 10.0 Å². The lowest BCUT2D eigenvalue weighted by molar-refractivity contribution is 0.425. The van der Waals surface area contributed by atoms with Crippen molar-refractivity contribution in [3.8, 4) is 0 Å². The molecule has 5 nitrogen and oxygen atoms in total. The van der Waals surface area contributed by atoms with Gasteiger partial charge in [-0.1, -0.05) is 0 Å². The third-order valence-corrected chi connectivity index (χ3v) is 1.77. The summed E-state index contributed by atoms with van der Waals surface area (Å²) in [5, 5.41) is 17.5. The lowest BCUT2D eigenvalue weighted by Gasteiger charge is -2.13. The van der Waals surface area contributed by atoms with E-state index in [-0.39, 0.29) is 0 Å². The number of anilines is 1. The van der Waals surface area contributed by atoms with E-state index in [9.17, 15) is 0 Å². The van der Waals surface area contributed by atoms with Crippen molar-refractivity contribution in [3.05, 3.63) is 12.4 Å². The van der Waals surface area contributed by atoms with Crippen LogP contribution >= 0.6 is 0 Å². The van der Waals surface area contributed by atoms with Crippen LogP contribution in [-0.4, -0.2) is 40.7 Å². The van der Waals surface area contributed by atoms with E-state index in [1.165, 1.54) is 12.4 Å². The topological polar surface area (TPSA) is 69.5 Å². The van der Waals surface area contributed by atoms with E-state index in [0.717, 1.165) is 6.54 Å². The molecule has 0 aliphatic heterocycles. The van der Waals surface area contributed by atoms with Gasteiger partial charge in [-0.3, -0.25) is 0 Å². The molecule has 0 fully saturated rings. The van der Waals surface area contributed by atoms with Gasteiger partial charge in [0, 0.05) is 31.4 Å². The second kappa shape index (κ2) is 4.20. The first-order valence-electron chi connectivity index (χ1n) is 4.04. The molecule has 1 aromatic rings. The molecule has 0 aromatic carbocycles. The number of hydrogen-bond acceptors (Lipinski definition) is 5. The Hall–Kier alpha value is -1.14. The van der Waals surface area contributed by atoms with Crippen molar-refractivity contribution >= 4 is 18.5 Å². The van der Waals surface area contributed by atoms with Crippen LogP contribution in [0, 0.1) is 0 Å². The molecule has 0 aliphatic carbocycles. The highest BCUT2D eigenvalue weighted by atomic mass is 16.4. The molecular weight excluding hydrogens is 169 g/mol. The van der Waals surface area contributed by atoms with Gasteiger partial charge in [0.15, 0.2) is 0 Å². The molecule has 0 saturated carbocycles. The summed E-state index contributed by atoms with van der Waals surface area (Å²) < 4.78 is 0. The fourth-order valence-corrected chi connectivity index (χ4v) is 0.803. The summed E-state index contributed by atoms with van der Waals surface area (Å²) in [7, 11) is 0.366. The van der Waals surface area contributed by atoms with Gasteiger partial charge in [0.2, 0.25) is 5.95 Å². The predicted octanol–water partition coefficient (Wildman–Crippen LogP) is -1.39. The first kappa shape index (κ1) is 9.95. The van der Waals surface area contributed by atoms with Crippen LogP contribution in [0.4, 0.5) is 5.95 Å². The highest BCUT2D eigenvalue weighted by molar-refractivity contribution is 6.58. The Morgan fingerprint density at radius 3 is 2.31 bits per heavy atom. The lowest BCUT2D eigenvalue weighted by atomic mass is 9.83. The van der Waals surface area contributed by atoms with Gasteiger partial charge in [-0.2, -0.15) is 0 Å². The van der Waals surface area contributed by atoms with Gasteiger partial charge in [0.25, 0.3) is 0 Å². The molecule has 13 heavy (non-hydrogen) atoms. The standard InChI is InChI=1S/C7H12BN3O2/c1-3-11(2)7-9-4-6(5-10-7)8(12)13/h4-5,12-13H,3H2,1-2H3. The molecule has 2 N–H and O–H groups in total. The maximum absolute atomic E-state index is 8.77. The lowest BCUT2D eigenvalue weighted by Crippen LogP contribution is -2.31. The minimum atomic E-state index is -1.50. The third-order valence-electron chi connectivity index (χ3n) is 1.77. The Labute approximate surface area is 77.2 Å². The zero-order chi connectivity index (χ0) is 9.84. The summed E-state index contributed by atoms with van der Waals surface area (Å²) in [5.74, 6) is 0.576. The minimum absolute atomic E-state index is 0.299. The number of hydrogen-bond donors (Lipinski definition) is 2. The summed E-state index contributed by atoms with van der Waals surface area (Å²) in [6.45, 7) is 2.79. The Morgan fingerprint density at radius 2 is 1.92 bits per heavy atom. The van der Waals surface area contributed by atoms with Crippen LogP contribution in [-0.2, 0) is 0 Å². The molecule has 1 rings (SSSR count). The van der Waals surface area contributed by atoms with Gasteiger partial charge in [-0.25, -0.2) is 9.97 Å². The highest BCUT2D eigenvalue weighted by Gasteiger charge is 2.12. The second-order valence-corrected chi connectivity index (χ2v) is 2.70. The van der Waals surface area contributed by atoms with E-state index >= 15 is 0 Å². The van der Waals surface area contributed by atoms with Crippen molar-refractivity contribution in [2.24, 2.45) is 0 Å². The molecule has 0 unspecified atom stereocenters. The van der Waals surface area contributed by atoms with Crippen molar-refractivity contribution in [2.75, 3.05) is 18.5 Å². The van der Waals surface area contributed by atoms with Gasteiger partial charge in [0.05, 0.1) is 0 Å². The van der Waals surface area contributed by atoms with Crippen LogP contribution < -0.4 is 10.4 Å². The Morgan fingerprint density at radius 1 is 1.38 bits per heavy atom. The summed E-state index contributed by atoms with van der Waals surface area (Å²) in [4.78, 5) is 9.79. The third kappa shape index (κ3) is 2.40. The molecule has 1 aromatic heterocycles. The average Bonchev–Trinajstić information content (AvgIpc) is 2.17. The van der Waals surface area contributed by atoms with Gasteiger partial charge in [0.1, 0.15) is 0 Å². The van der Waals surface area contributed by atoms with E-state index in [1.807, 2.05) is 18.9 Å². The van der Waals surface area contributed by atoms with Crippen molar-refractivity contribution in [3.63, 3.8) is 0 Å². The SMILES string of the molecule is CCN(C)c1ncc(B(O)O)cn1. The first-order valence-corrected chi connectivity index (χ1v) is 4.04. The summed E-state index contributed by atoms with van der Waals surface area (Å²) in [6.07, 6.45) is 2.80. The van der Waals surface area contributed by atoms with Crippen molar-refractivity contribution in [1.82, 2.24) is 9.97 Å². The zero-order valence-corrected chi connectivity index (χ0v) is 7.68. The summed E-state index contributed by atoms with van der Waals surface area (Å²) in [6, 6.07) is 0. The number of aromatic nitrogens is 2. The van der Waals surface area contributed by atoms with Crippen LogP contribution in [0.2, 0.25) is 0 Å². The first-order chi connectivity index (χ1) is 6.15. The van der Waals surface area contributed by atoms with Gasteiger partial charge in [-0.05, 0) is 6.92 Å². The van der Waals surface area contributed by atoms with Crippen LogP contribution in [0.25, 0.3) is 0 Å². The number of rotatable bonds is 3. The molecule has 70 valence electrons. The summed E-state index contributed by atoms with van der Waals surface area (Å²) >= 11 is 0. The molecule has 0 bridgehead atoms. The van der Waals surface area contributed by atoms with E-state index in [4.69, 9.17) is 10.0 Å². The fourth-order valence-electron chi connectivity index (χ4n) is 0.803. The normalized spacial score (nSPS) is 9.85. The Bertz CT molecular complexity index is 265. The minimum Gasteiger partial charge on any atom is -0.423 e. The average molecular weight is 181 g/mol. The molecule has 0 spiro atoms. The molecular formula is C7H12BN3O2. The summed E-state index contributed by atoms with van der Waals surface area (Å²) in [5.41, 5.74) is 0.299. The second-order valence-electron chi connectivity index (χ2n) is 2.70. The number of nitrogens with zero attached hydrogens (tertiary/aromatic N) is 3. The van der Waals surface area contributed by atoms with Gasteiger partial charge in [-0.15, -0.1) is 0 Å². The fraction of sp³-hybridized carbons (Fsp3) is 0.429. The van der Waals surface area contributed by atoms with Crippen LogP contribution in [0.1, 0.15) is 6.92 Å². The van der Waals surface area contributed by atoms with Crippen molar-refractivity contribution in [1.29, 1.82) is 0 Å². The molecule has 0 aliphatic rings. The Kier molecular flexibility index (Phi) is 3.22. The van der Waals surface area contributed by atoms with Crippen LogP contribution in [0.15, 0.2) is 12.4 Å². The molecule has 0 radical (unpaired) electrons. The molecule has 0 atom stereocenters. The van der Waals surface area contributed by atoms with E-state index in [1.54, 1.807) is 0 Å². The molecule has 0 saturated heterocycles. The molecule has 0 amide bonds. The largest absolute Gasteiger partial charge is 0.491 e. The van der Waals surface area contributed by atoms with Crippen LogP contribution in [0.3, 0.4) is 0 Å². The maximum Gasteiger partial charge on any atom is 0.491 e. The molecule has 6 heteroatoms. The van der Waals surface area contributed by atoms with Crippen LogP contribution in [0.5, 0.6) is 0 Å². The molecule has 1 heterocycles. The Balaban J connectivity index is 2.81.